The van der Waals surface area contributed by atoms with Crippen LogP contribution < -0.4 is 10.6 Å². The third-order valence-electron chi connectivity index (χ3n) is 3.16. The number of hydrogen-bond donors (Lipinski definition) is 1. The summed E-state index contributed by atoms with van der Waals surface area (Å²) >= 11 is 0. The maximum absolute atomic E-state index is 12.0. The van der Waals surface area contributed by atoms with Crippen LogP contribution in [0.2, 0.25) is 0 Å². The average Bonchev–Trinajstić information content (AvgIpc) is 2.37. The number of para-hydroxylation sites is 1. The fourth-order valence-corrected chi connectivity index (χ4v) is 1.74. The highest BCUT2D eigenvalue weighted by molar-refractivity contribution is 5.81. The summed E-state index contributed by atoms with van der Waals surface area (Å²) in [4.78, 5) is 15.7. The van der Waals surface area contributed by atoms with E-state index in [-0.39, 0.29) is 11.9 Å². The molecule has 0 aliphatic heterocycles. The summed E-state index contributed by atoms with van der Waals surface area (Å²) in [6.07, 6.45) is 0. The smallest absolute Gasteiger partial charge is 0.242 e. The number of rotatable bonds is 5. The van der Waals surface area contributed by atoms with Gasteiger partial charge in [-0.2, -0.15) is 0 Å². The standard InChI is InChI=1S/C14H23N3O/c1-11(2)17(4)14(18)10-16(3)13-8-6-5-7-12(13)9-15/h5-8,11H,9-10,15H2,1-4H3. The summed E-state index contributed by atoms with van der Waals surface area (Å²) < 4.78 is 0. The molecular weight excluding hydrogens is 226 g/mol. The van der Waals surface area contributed by atoms with Gasteiger partial charge in [0.15, 0.2) is 0 Å². The number of hydrogen-bond acceptors (Lipinski definition) is 3. The van der Waals surface area contributed by atoms with Crippen molar-refractivity contribution >= 4 is 11.6 Å². The lowest BCUT2D eigenvalue weighted by Gasteiger charge is -2.27. The minimum absolute atomic E-state index is 0.110. The third kappa shape index (κ3) is 3.47. The van der Waals surface area contributed by atoms with Crippen molar-refractivity contribution in [1.82, 2.24) is 4.90 Å². The van der Waals surface area contributed by atoms with Crippen LogP contribution in [0.1, 0.15) is 19.4 Å². The van der Waals surface area contributed by atoms with Crippen LogP contribution in [0, 0.1) is 0 Å². The van der Waals surface area contributed by atoms with Crippen LogP contribution in [0.4, 0.5) is 5.69 Å². The minimum atomic E-state index is 0.110. The maximum Gasteiger partial charge on any atom is 0.242 e. The number of amides is 1. The minimum Gasteiger partial charge on any atom is -0.365 e. The monoisotopic (exact) mass is 249 g/mol. The molecule has 0 atom stereocenters. The van der Waals surface area contributed by atoms with E-state index in [2.05, 4.69) is 0 Å². The molecule has 1 amide bonds. The molecule has 0 spiro atoms. The van der Waals surface area contributed by atoms with E-state index >= 15 is 0 Å². The van der Waals surface area contributed by atoms with Crippen LogP contribution in [0.3, 0.4) is 0 Å². The van der Waals surface area contributed by atoms with Crippen LogP contribution in [0.5, 0.6) is 0 Å². The lowest BCUT2D eigenvalue weighted by molar-refractivity contribution is -0.129. The molecule has 0 saturated carbocycles. The molecule has 1 aromatic rings. The van der Waals surface area contributed by atoms with Gasteiger partial charge in [-0.15, -0.1) is 0 Å². The molecule has 100 valence electrons. The summed E-state index contributed by atoms with van der Waals surface area (Å²) in [7, 11) is 3.75. The van der Waals surface area contributed by atoms with E-state index in [4.69, 9.17) is 5.73 Å². The van der Waals surface area contributed by atoms with Gasteiger partial charge in [0.05, 0.1) is 6.54 Å². The van der Waals surface area contributed by atoms with E-state index in [0.717, 1.165) is 11.3 Å². The molecule has 0 aliphatic carbocycles. The number of carbonyl (C=O) groups is 1. The number of nitrogens with two attached hydrogens (primary N) is 1. The Kier molecular flexibility index (Phi) is 5.16. The molecule has 4 heteroatoms. The topological polar surface area (TPSA) is 49.6 Å². The van der Waals surface area contributed by atoms with E-state index in [1.165, 1.54) is 0 Å². The lowest BCUT2D eigenvalue weighted by Crippen LogP contribution is -2.40. The van der Waals surface area contributed by atoms with Gasteiger partial charge in [0.1, 0.15) is 0 Å². The van der Waals surface area contributed by atoms with Gasteiger partial charge in [-0.25, -0.2) is 0 Å². The van der Waals surface area contributed by atoms with Crippen molar-refractivity contribution in [2.45, 2.75) is 26.4 Å². The Morgan fingerprint density at radius 1 is 1.28 bits per heavy atom. The zero-order chi connectivity index (χ0) is 13.7. The van der Waals surface area contributed by atoms with Gasteiger partial charge in [-0.3, -0.25) is 4.79 Å². The molecule has 0 bridgehead atoms. The maximum atomic E-state index is 12.0. The van der Waals surface area contributed by atoms with Crippen molar-refractivity contribution in [3.8, 4) is 0 Å². The third-order valence-corrected chi connectivity index (χ3v) is 3.16. The van der Waals surface area contributed by atoms with Gasteiger partial charge >= 0.3 is 0 Å². The first-order valence-electron chi connectivity index (χ1n) is 6.22. The Bertz CT molecular complexity index is 404. The SMILES string of the molecule is CC(C)N(C)C(=O)CN(C)c1ccccc1CN. The largest absolute Gasteiger partial charge is 0.365 e. The van der Waals surface area contributed by atoms with Gasteiger partial charge < -0.3 is 15.5 Å². The Labute approximate surface area is 109 Å². The fourth-order valence-electron chi connectivity index (χ4n) is 1.74. The second kappa shape index (κ2) is 6.40. The molecule has 0 fully saturated rings. The number of likely N-dealkylation sites (N-methyl/N-ethyl adjacent to an activating group) is 2. The lowest BCUT2D eigenvalue weighted by atomic mass is 10.1. The van der Waals surface area contributed by atoms with E-state index in [9.17, 15) is 4.79 Å². The van der Waals surface area contributed by atoms with Crippen molar-refractivity contribution < 1.29 is 4.79 Å². The Balaban J connectivity index is 2.76. The van der Waals surface area contributed by atoms with Crippen LogP contribution in [0.25, 0.3) is 0 Å². The second-order valence-electron chi connectivity index (χ2n) is 4.79. The molecule has 18 heavy (non-hydrogen) atoms. The van der Waals surface area contributed by atoms with E-state index in [0.29, 0.717) is 13.1 Å². The molecule has 0 unspecified atom stereocenters. The van der Waals surface area contributed by atoms with Crippen LogP contribution in [-0.4, -0.2) is 37.5 Å². The number of anilines is 1. The van der Waals surface area contributed by atoms with E-state index < -0.39 is 0 Å². The molecule has 0 aliphatic rings. The molecule has 0 radical (unpaired) electrons. The summed E-state index contributed by atoms with van der Waals surface area (Å²) in [5.74, 6) is 0.110. The highest BCUT2D eigenvalue weighted by Crippen LogP contribution is 2.18. The predicted octanol–water partition coefficient (Wildman–Crippen LogP) is 1.45. The molecule has 0 saturated heterocycles. The van der Waals surface area contributed by atoms with Crippen molar-refractivity contribution in [3.05, 3.63) is 29.8 Å². The first-order valence-corrected chi connectivity index (χ1v) is 6.22. The van der Waals surface area contributed by atoms with Crippen LogP contribution in [-0.2, 0) is 11.3 Å². The quantitative estimate of drug-likeness (QED) is 0.859. The van der Waals surface area contributed by atoms with Gasteiger partial charge in [0.25, 0.3) is 0 Å². The van der Waals surface area contributed by atoms with Crippen LogP contribution in [0.15, 0.2) is 24.3 Å². The number of benzene rings is 1. The summed E-state index contributed by atoms with van der Waals surface area (Å²) in [6, 6.07) is 8.12. The van der Waals surface area contributed by atoms with E-state index in [1.54, 1.807) is 4.90 Å². The molecule has 1 aromatic carbocycles. The molecule has 0 heterocycles. The predicted molar refractivity (Wildman–Crippen MR) is 75.5 cm³/mol. The Morgan fingerprint density at radius 2 is 1.89 bits per heavy atom. The number of carbonyl (C=O) groups excluding carboxylic acids is 1. The molecular formula is C14H23N3O. The molecule has 2 N–H and O–H groups in total. The van der Waals surface area contributed by atoms with Crippen molar-refractivity contribution in [1.29, 1.82) is 0 Å². The van der Waals surface area contributed by atoms with Gasteiger partial charge in [-0.05, 0) is 25.5 Å². The zero-order valence-corrected chi connectivity index (χ0v) is 11.7. The zero-order valence-electron chi connectivity index (χ0n) is 11.7. The van der Waals surface area contributed by atoms with Gasteiger partial charge in [0, 0.05) is 32.4 Å². The molecule has 4 nitrogen and oxygen atoms in total. The van der Waals surface area contributed by atoms with Crippen molar-refractivity contribution in [3.63, 3.8) is 0 Å². The first kappa shape index (κ1) is 14.5. The average molecular weight is 249 g/mol. The highest BCUT2D eigenvalue weighted by Gasteiger charge is 2.15. The van der Waals surface area contributed by atoms with Gasteiger partial charge in [-0.1, -0.05) is 18.2 Å². The van der Waals surface area contributed by atoms with Crippen LogP contribution >= 0.6 is 0 Å². The summed E-state index contributed by atoms with van der Waals surface area (Å²) in [5, 5.41) is 0. The molecule has 1 rings (SSSR count). The Hall–Kier alpha value is -1.55. The summed E-state index contributed by atoms with van der Waals surface area (Å²) in [6.45, 7) is 4.86. The fraction of sp³-hybridized carbons (Fsp3) is 0.500. The normalized spacial score (nSPS) is 10.6. The van der Waals surface area contributed by atoms with Gasteiger partial charge in [0.2, 0.25) is 5.91 Å². The Morgan fingerprint density at radius 3 is 2.44 bits per heavy atom. The highest BCUT2D eigenvalue weighted by atomic mass is 16.2. The summed E-state index contributed by atoms with van der Waals surface area (Å²) in [5.41, 5.74) is 7.78. The second-order valence-corrected chi connectivity index (χ2v) is 4.79. The number of nitrogens with zero attached hydrogens (tertiary/aromatic N) is 2. The molecule has 0 aromatic heterocycles. The first-order chi connectivity index (χ1) is 8.47. The van der Waals surface area contributed by atoms with Crippen molar-refractivity contribution in [2.75, 3.05) is 25.5 Å². The van der Waals surface area contributed by atoms with Crippen molar-refractivity contribution in [2.24, 2.45) is 5.73 Å². The van der Waals surface area contributed by atoms with E-state index in [1.807, 2.05) is 57.1 Å².